The summed E-state index contributed by atoms with van der Waals surface area (Å²) in [5.41, 5.74) is 0.710. The highest BCUT2D eigenvalue weighted by Crippen LogP contribution is 2.01. The molecule has 1 atom stereocenters. The molecule has 1 rings (SSSR count). The van der Waals surface area contributed by atoms with Crippen molar-refractivity contribution in [3.63, 3.8) is 0 Å². The zero-order valence-electron chi connectivity index (χ0n) is 10.6. The number of hydrogen-bond donors (Lipinski definition) is 1. The smallest absolute Gasteiger partial charge is 0.252 e. The van der Waals surface area contributed by atoms with Crippen LogP contribution in [0.15, 0.2) is 30.3 Å². The Kier molecular flexibility index (Phi) is 7.59. The SMILES string of the molecule is CCN(CC)C(C)NC(=O)c1ccccc1.Cl. The molecule has 1 aromatic carbocycles. The molecule has 96 valence electrons. The number of carbonyl (C=O) groups excluding carboxylic acids is 1. The molecule has 0 saturated carbocycles. The van der Waals surface area contributed by atoms with Crippen LogP contribution in [-0.4, -0.2) is 30.1 Å². The van der Waals surface area contributed by atoms with Gasteiger partial charge in [-0.2, -0.15) is 0 Å². The topological polar surface area (TPSA) is 32.3 Å². The highest BCUT2D eigenvalue weighted by atomic mass is 35.5. The predicted octanol–water partition coefficient (Wildman–Crippen LogP) is 2.53. The van der Waals surface area contributed by atoms with Gasteiger partial charge in [0.05, 0.1) is 6.17 Å². The van der Waals surface area contributed by atoms with Crippen LogP contribution < -0.4 is 5.32 Å². The van der Waals surface area contributed by atoms with E-state index in [-0.39, 0.29) is 24.5 Å². The minimum absolute atomic E-state index is 0. The van der Waals surface area contributed by atoms with Crippen LogP contribution in [0.2, 0.25) is 0 Å². The Bertz CT molecular complexity index is 325. The molecule has 0 aliphatic heterocycles. The number of benzene rings is 1. The third-order valence-electron chi connectivity index (χ3n) is 2.74. The molecule has 4 heteroatoms. The maximum Gasteiger partial charge on any atom is 0.252 e. The van der Waals surface area contributed by atoms with Crippen LogP contribution in [0.5, 0.6) is 0 Å². The summed E-state index contributed by atoms with van der Waals surface area (Å²) in [5, 5.41) is 2.99. The Balaban J connectivity index is 0.00000256. The molecule has 17 heavy (non-hydrogen) atoms. The van der Waals surface area contributed by atoms with Crippen molar-refractivity contribution in [1.82, 2.24) is 10.2 Å². The fourth-order valence-electron chi connectivity index (χ4n) is 1.73. The molecule has 3 nitrogen and oxygen atoms in total. The summed E-state index contributed by atoms with van der Waals surface area (Å²) < 4.78 is 0. The number of carbonyl (C=O) groups is 1. The molecule has 1 amide bonds. The van der Waals surface area contributed by atoms with Crippen LogP contribution >= 0.6 is 12.4 Å². The molecule has 1 unspecified atom stereocenters. The quantitative estimate of drug-likeness (QED) is 0.821. The molecule has 0 bridgehead atoms. The van der Waals surface area contributed by atoms with Gasteiger partial charge in [0.25, 0.3) is 5.91 Å². The van der Waals surface area contributed by atoms with Gasteiger partial charge >= 0.3 is 0 Å². The summed E-state index contributed by atoms with van der Waals surface area (Å²) in [4.78, 5) is 14.0. The average Bonchev–Trinajstić information content (AvgIpc) is 2.31. The zero-order valence-corrected chi connectivity index (χ0v) is 11.5. The number of nitrogens with zero attached hydrogens (tertiary/aromatic N) is 1. The number of halogens is 1. The third-order valence-corrected chi connectivity index (χ3v) is 2.74. The molecule has 0 saturated heterocycles. The lowest BCUT2D eigenvalue weighted by atomic mass is 10.2. The molecular formula is C13H21ClN2O. The van der Waals surface area contributed by atoms with E-state index in [4.69, 9.17) is 0 Å². The maximum absolute atomic E-state index is 11.9. The van der Waals surface area contributed by atoms with Crippen LogP contribution in [0.3, 0.4) is 0 Å². The van der Waals surface area contributed by atoms with Gasteiger partial charge in [-0.05, 0) is 32.1 Å². The summed E-state index contributed by atoms with van der Waals surface area (Å²) in [7, 11) is 0. The van der Waals surface area contributed by atoms with Gasteiger partial charge in [0.15, 0.2) is 0 Å². The summed E-state index contributed by atoms with van der Waals surface area (Å²) in [6.45, 7) is 8.07. The Labute approximate surface area is 110 Å². The van der Waals surface area contributed by atoms with Crippen LogP contribution in [0.25, 0.3) is 0 Å². The lowest BCUT2D eigenvalue weighted by Crippen LogP contribution is -2.46. The zero-order chi connectivity index (χ0) is 12.0. The molecular weight excluding hydrogens is 236 g/mol. The molecule has 0 aromatic heterocycles. The molecule has 0 spiro atoms. The van der Waals surface area contributed by atoms with E-state index in [1.54, 1.807) is 0 Å². The van der Waals surface area contributed by atoms with Gasteiger partial charge in [-0.15, -0.1) is 12.4 Å². The van der Waals surface area contributed by atoms with Crippen molar-refractivity contribution in [1.29, 1.82) is 0 Å². The van der Waals surface area contributed by atoms with E-state index in [2.05, 4.69) is 24.1 Å². The van der Waals surface area contributed by atoms with Gasteiger partial charge in [0, 0.05) is 5.56 Å². The molecule has 0 radical (unpaired) electrons. The fraction of sp³-hybridized carbons (Fsp3) is 0.462. The van der Waals surface area contributed by atoms with Crippen molar-refractivity contribution >= 4 is 18.3 Å². The maximum atomic E-state index is 11.9. The van der Waals surface area contributed by atoms with Crippen molar-refractivity contribution in [3.05, 3.63) is 35.9 Å². The second-order valence-corrected chi connectivity index (χ2v) is 3.74. The van der Waals surface area contributed by atoms with Gasteiger partial charge in [-0.3, -0.25) is 9.69 Å². The Morgan fingerprint density at radius 3 is 2.24 bits per heavy atom. The van der Waals surface area contributed by atoms with Crippen LogP contribution in [0.4, 0.5) is 0 Å². The van der Waals surface area contributed by atoms with Crippen LogP contribution in [0, 0.1) is 0 Å². The average molecular weight is 257 g/mol. The highest BCUT2D eigenvalue weighted by molar-refractivity contribution is 5.94. The first-order valence-corrected chi connectivity index (χ1v) is 5.79. The van der Waals surface area contributed by atoms with Crippen molar-refractivity contribution in [3.8, 4) is 0 Å². The number of rotatable bonds is 5. The largest absolute Gasteiger partial charge is 0.337 e. The molecule has 0 aliphatic carbocycles. The van der Waals surface area contributed by atoms with E-state index >= 15 is 0 Å². The fourth-order valence-corrected chi connectivity index (χ4v) is 1.73. The first-order valence-electron chi connectivity index (χ1n) is 5.79. The van der Waals surface area contributed by atoms with E-state index in [0.717, 1.165) is 13.1 Å². The van der Waals surface area contributed by atoms with Crippen molar-refractivity contribution in [2.75, 3.05) is 13.1 Å². The lowest BCUT2D eigenvalue weighted by molar-refractivity contribution is 0.0875. The highest BCUT2D eigenvalue weighted by Gasteiger charge is 2.13. The first kappa shape index (κ1) is 15.9. The van der Waals surface area contributed by atoms with E-state index in [1.807, 2.05) is 37.3 Å². The number of hydrogen-bond acceptors (Lipinski definition) is 2. The first-order chi connectivity index (χ1) is 7.69. The Hall–Kier alpha value is -1.06. The molecule has 0 fully saturated rings. The van der Waals surface area contributed by atoms with Gasteiger partial charge in [-0.25, -0.2) is 0 Å². The van der Waals surface area contributed by atoms with E-state index < -0.39 is 0 Å². The standard InChI is InChI=1S/C13H20N2O.ClH/c1-4-15(5-2)11(3)14-13(16)12-9-7-6-8-10-12;/h6-11H,4-5H2,1-3H3,(H,14,16);1H. The van der Waals surface area contributed by atoms with E-state index in [0.29, 0.717) is 5.56 Å². The predicted molar refractivity (Wildman–Crippen MR) is 73.5 cm³/mol. The van der Waals surface area contributed by atoms with Crippen molar-refractivity contribution in [2.24, 2.45) is 0 Å². The summed E-state index contributed by atoms with van der Waals surface area (Å²) >= 11 is 0. The van der Waals surface area contributed by atoms with Gasteiger partial charge in [-0.1, -0.05) is 32.0 Å². The van der Waals surface area contributed by atoms with Crippen molar-refractivity contribution < 1.29 is 4.79 Å². The summed E-state index contributed by atoms with van der Waals surface area (Å²) in [5.74, 6) is -0.0139. The summed E-state index contributed by atoms with van der Waals surface area (Å²) in [6.07, 6.45) is 0.0720. The van der Waals surface area contributed by atoms with Gasteiger partial charge < -0.3 is 5.32 Å². The molecule has 1 N–H and O–H groups in total. The lowest BCUT2D eigenvalue weighted by Gasteiger charge is -2.27. The van der Waals surface area contributed by atoms with E-state index in [9.17, 15) is 4.79 Å². The number of nitrogens with one attached hydrogen (secondary N) is 1. The normalized spacial score (nSPS) is 11.8. The molecule has 1 aromatic rings. The Morgan fingerprint density at radius 2 is 1.76 bits per heavy atom. The molecule has 0 heterocycles. The number of amides is 1. The van der Waals surface area contributed by atoms with E-state index in [1.165, 1.54) is 0 Å². The van der Waals surface area contributed by atoms with Crippen LogP contribution in [0.1, 0.15) is 31.1 Å². The van der Waals surface area contributed by atoms with Gasteiger partial charge in [0.2, 0.25) is 0 Å². The minimum Gasteiger partial charge on any atom is -0.337 e. The minimum atomic E-state index is -0.0139. The van der Waals surface area contributed by atoms with Gasteiger partial charge in [0.1, 0.15) is 0 Å². The second-order valence-electron chi connectivity index (χ2n) is 3.74. The third kappa shape index (κ3) is 4.75. The monoisotopic (exact) mass is 256 g/mol. The summed E-state index contributed by atoms with van der Waals surface area (Å²) in [6, 6.07) is 9.30. The van der Waals surface area contributed by atoms with Crippen molar-refractivity contribution in [2.45, 2.75) is 26.9 Å². The second kappa shape index (κ2) is 8.09. The Morgan fingerprint density at radius 1 is 1.24 bits per heavy atom. The van der Waals surface area contributed by atoms with Crippen LogP contribution in [-0.2, 0) is 0 Å². The molecule has 0 aliphatic rings.